The van der Waals surface area contributed by atoms with Crippen molar-refractivity contribution in [2.45, 2.75) is 26.3 Å². The predicted molar refractivity (Wildman–Crippen MR) is 63.5 cm³/mol. The van der Waals surface area contributed by atoms with Gasteiger partial charge in [0.05, 0.1) is 0 Å². The zero-order valence-electron chi connectivity index (χ0n) is 8.02. The van der Waals surface area contributed by atoms with Crippen molar-refractivity contribution in [2.75, 3.05) is 16.9 Å². The number of carbonyl (C=O) groups excluding carboxylic acids is 1. The van der Waals surface area contributed by atoms with Crippen LogP contribution in [0.15, 0.2) is 0 Å². The smallest absolute Gasteiger partial charge is 0.228 e. The van der Waals surface area contributed by atoms with Crippen molar-refractivity contribution in [1.29, 1.82) is 0 Å². The van der Waals surface area contributed by atoms with E-state index in [1.165, 1.54) is 0 Å². The number of carbonyl (C=O) groups is 1. The topological polar surface area (TPSA) is 20.3 Å². The van der Waals surface area contributed by atoms with E-state index in [0.717, 1.165) is 10.8 Å². The van der Waals surface area contributed by atoms with Gasteiger partial charge in [-0.3, -0.25) is 4.79 Å². The molecule has 1 unspecified atom stereocenters. The third kappa shape index (κ3) is 2.29. The molecule has 0 aromatic heterocycles. The summed E-state index contributed by atoms with van der Waals surface area (Å²) in [5.41, 5.74) is -0.179. The molecule has 0 radical (unpaired) electrons. The lowest BCUT2D eigenvalue weighted by molar-refractivity contribution is -0.135. The Bertz CT molecular complexity index is 208. The summed E-state index contributed by atoms with van der Waals surface area (Å²) in [5, 5.41) is 0. The molecule has 0 aromatic carbocycles. The molecular formula is C9H15ClINO. The van der Waals surface area contributed by atoms with E-state index in [4.69, 9.17) is 11.6 Å². The summed E-state index contributed by atoms with van der Waals surface area (Å²) in [6.45, 7) is 4.73. The highest BCUT2D eigenvalue weighted by atomic mass is 127. The molecule has 13 heavy (non-hydrogen) atoms. The van der Waals surface area contributed by atoms with Gasteiger partial charge in [-0.15, -0.1) is 11.6 Å². The fourth-order valence-electron chi connectivity index (χ4n) is 1.85. The molecule has 1 atom stereocenters. The zero-order chi connectivity index (χ0) is 10.1. The minimum atomic E-state index is -0.179. The van der Waals surface area contributed by atoms with Crippen molar-refractivity contribution in [2.24, 2.45) is 5.41 Å². The maximum absolute atomic E-state index is 11.9. The van der Waals surface area contributed by atoms with Crippen LogP contribution in [0, 0.1) is 5.41 Å². The molecule has 1 heterocycles. The molecular weight excluding hydrogens is 300 g/mol. The standard InChI is InChI=1S/C9H15ClINO/c1-9(2)5-7(6-11)12(4-3-10)8(9)13/h7H,3-6H2,1-2H3. The number of alkyl halides is 2. The van der Waals surface area contributed by atoms with E-state index in [1.807, 2.05) is 18.7 Å². The summed E-state index contributed by atoms with van der Waals surface area (Å²) >= 11 is 8.00. The minimum Gasteiger partial charge on any atom is -0.337 e. The van der Waals surface area contributed by atoms with Crippen LogP contribution in [0.3, 0.4) is 0 Å². The Morgan fingerprint density at radius 1 is 1.69 bits per heavy atom. The fourth-order valence-corrected chi connectivity index (χ4v) is 2.82. The molecule has 1 saturated heterocycles. The molecule has 2 nitrogen and oxygen atoms in total. The highest BCUT2D eigenvalue weighted by Gasteiger charge is 2.43. The van der Waals surface area contributed by atoms with Crippen LogP contribution in [0.4, 0.5) is 0 Å². The van der Waals surface area contributed by atoms with Crippen LogP contribution in [0.5, 0.6) is 0 Å². The SMILES string of the molecule is CC1(C)CC(CI)N(CCCl)C1=O. The molecule has 1 fully saturated rings. The van der Waals surface area contributed by atoms with Gasteiger partial charge in [-0.25, -0.2) is 0 Å². The number of rotatable bonds is 3. The molecule has 1 amide bonds. The Balaban J connectivity index is 2.74. The number of hydrogen-bond donors (Lipinski definition) is 0. The maximum Gasteiger partial charge on any atom is 0.228 e. The Morgan fingerprint density at radius 3 is 2.77 bits per heavy atom. The van der Waals surface area contributed by atoms with Crippen LogP contribution < -0.4 is 0 Å². The van der Waals surface area contributed by atoms with Gasteiger partial charge >= 0.3 is 0 Å². The summed E-state index contributed by atoms with van der Waals surface area (Å²) in [7, 11) is 0. The summed E-state index contributed by atoms with van der Waals surface area (Å²) in [6.07, 6.45) is 0.964. The van der Waals surface area contributed by atoms with Crippen LogP contribution in [0.25, 0.3) is 0 Å². The van der Waals surface area contributed by atoms with Crippen LogP contribution in [-0.2, 0) is 4.79 Å². The molecule has 76 valence electrons. The fraction of sp³-hybridized carbons (Fsp3) is 0.889. The second kappa shape index (κ2) is 4.34. The van der Waals surface area contributed by atoms with Gasteiger partial charge in [0, 0.05) is 28.3 Å². The molecule has 0 aromatic rings. The van der Waals surface area contributed by atoms with Crippen LogP contribution in [0.2, 0.25) is 0 Å². The molecule has 0 bridgehead atoms. The third-order valence-corrected chi connectivity index (χ3v) is 3.72. The average Bonchev–Trinajstić information content (AvgIpc) is 2.29. The summed E-state index contributed by atoms with van der Waals surface area (Å²) in [4.78, 5) is 13.8. The third-order valence-electron chi connectivity index (χ3n) is 2.53. The van der Waals surface area contributed by atoms with Crippen molar-refractivity contribution in [3.8, 4) is 0 Å². The van der Waals surface area contributed by atoms with Crippen molar-refractivity contribution >= 4 is 40.1 Å². The van der Waals surface area contributed by atoms with Crippen LogP contribution >= 0.6 is 34.2 Å². The van der Waals surface area contributed by atoms with E-state index < -0.39 is 0 Å². The maximum atomic E-state index is 11.9. The molecule has 1 aliphatic rings. The van der Waals surface area contributed by atoms with Gasteiger partial charge in [0.2, 0.25) is 5.91 Å². The van der Waals surface area contributed by atoms with Gasteiger partial charge in [-0.1, -0.05) is 36.4 Å². The molecule has 4 heteroatoms. The molecule has 0 spiro atoms. The summed E-state index contributed by atoms with van der Waals surface area (Å²) in [6, 6.07) is 0.391. The van der Waals surface area contributed by atoms with E-state index in [0.29, 0.717) is 18.5 Å². The quantitative estimate of drug-likeness (QED) is 0.578. The Kier molecular flexibility index (Phi) is 3.86. The first-order valence-electron chi connectivity index (χ1n) is 4.46. The highest BCUT2D eigenvalue weighted by molar-refractivity contribution is 14.1. The van der Waals surface area contributed by atoms with Crippen molar-refractivity contribution in [3.63, 3.8) is 0 Å². The average molecular weight is 316 g/mol. The summed E-state index contributed by atoms with van der Waals surface area (Å²) < 4.78 is 1.00. The van der Waals surface area contributed by atoms with Crippen LogP contribution in [0.1, 0.15) is 20.3 Å². The van der Waals surface area contributed by atoms with E-state index >= 15 is 0 Å². The zero-order valence-corrected chi connectivity index (χ0v) is 10.9. The second-order valence-corrected chi connectivity index (χ2v) is 5.34. The molecule has 1 aliphatic heterocycles. The first-order chi connectivity index (χ1) is 6.03. The highest BCUT2D eigenvalue weighted by Crippen LogP contribution is 2.35. The Labute approximate surface area is 98.1 Å². The number of halogens is 2. The van der Waals surface area contributed by atoms with E-state index in [-0.39, 0.29) is 11.3 Å². The van der Waals surface area contributed by atoms with Crippen molar-refractivity contribution < 1.29 is 4.79 Å². The number of likely N-dealkylation sites (tertiary alicyclic amines) is 1. The molecule has 1 rings (SSSR count). The van der Waals surface area contributed by atoms with Gasteiger partial charge in [0.25, 0.3) is 0 Å². The second-order valence-electron chi connectivity index (χ2n) is 4.08. The van der Waals surface area contributed by atoms with Crippen LogP contribution in [-0.4, -0.2) is 33.7 Å². The van der Waals surface area contributed by atoms with Crippen molar-refractivity contribution in [3.05, 3.63) is 0 Å². The van der Waals surface area contributed by atoms with E-state index in [1.54, 1.807) is 0 Å². The van der Waals surface area contributed by atoms with Gasteiger partial charge in [-0.05, 0) is 6.42 Å². The largest absolute Gasteiger partial charge is 0.337 e. The normalized spacial score (nSPS) is 26.9. The Morgan fingerprint density at radius 2 is 2.31 bits per heavy atom. The van der Waals surface area contributed by atoms with Gasteiger partial charge < -0.3 is 4.90 Å². The van der Waals surface area contributed by atoms with E-state index in [9.17, 15) is 4.79 Å². The number of hydrogen-bond acceptors (Lipinski definition) is 1. The number of nitrogens with zero attached hydrogens (tertiary/aromatic N) is 1. The van der Waals surface area contributed by atoms with Gasteiger partial charge in [0.15, 0.2) is 0 Å². The first-order valence-corrected chi connectivity index (χ1v) is 6.52. The lowest BCUT2D eigenvalue weighted by atomic mass is 9.90. The minimum absolute atomic E-state index is 0.179. The lowest BCUT2D eigenvalue weighted by Gasteiger charge is -2.22. The monoisotopic (exact) mass is 315 g/mol. The van der Waals surface area contributed by atoms with Crippen molar-refractivity contribution in [1.82, 2.24) is 4.90 Å². The molecule has 0 saturated carbocycles. The first kappa shape index (κ1) is 11.6. The molecule has 0 aliphatic carbocycles. The van der Waals surface area contributed by atoms with Gasteiger partial charge in [-0.2, -0.15) is 0 Å². The Hall–Kier alpha value is 0.490. The lowest BCUT2D eigenvalue weighted by Crippen LogP contribution is -2.37. The summed E-state index contributed by atoms with van der Waals surface area (Å²) in [5.74, 6) is 0.796. The van der Waals surface area contributed by atoms with Gasteiger partial charge in [0.1, 0.15) is 0 Å². The van der Waals surface area contributed by atoms with E-state index in [2.05, 4.69) is 22.6 Å². The molecule has 0 N–H and O–H groups in total. The predicted octanol–water partition coefficient (Wildman–Crippen LogP) is 2.29. The number of amides is 1.